The second-order valence-electron chi connectivity index (χ2n) is 5.96. The van der Waals surface area contributed by atoms with E-state index in [1.54, 1.807) is 12.1 Å². The topological polar surface area (TPSA) is 78.5 Å². The highest BCUT2D eigenvalue weighted by atomic mass is 79.9. The summed E-state index contributed by atoms with van der Waals surface area (Å²) < 4.78 is 0.798. The quantitative estimate of drug-likeness (QED) is 0.565. The molecule has 4 amide bonds. The van der Waals surface area contributed by atoms with Gasteiger partial charge in [-0.25, -0.2) is 9.69 Å². The molecule has 3 rings (SSSR count). The summed E-state index contributed by atoms with van der Waals surface area (Å²) in [7, 11) is 0. The summed E-state index contributed by atoms with van der Waals surface area (Å²) in [5.41, 5.74) is 2.55. The molecule has 1 aliphatic rings. The summed E-state index contributed by atoms with van der Waals surface area (Å²) in [4.78, 5) is 37.9. The van der Waals surface area contributed by atoms with Gasteiger partial charge in [-0.1, -0.05) is 59.3 Å². The lowest BCUT2D eigenvalue weighted by Gasteiger charge is -2.13. The third-order valence-electron chi connectivity index (χ3n) is 4.14. The average molecular weight is 428 g/mol. The Labute approximate surface area is 165 Å². The first-order valence-electron chi connectivity index (χ1n) is 8.46. The molecule has 0 radical (unpaired) electrons. The van der Waals surface area contributed by atoms with Gasteiger partial charge in [0, 0.05) is 10.2 Å². The minimum atomic E-state index is -0.614. The molecule has 2 aromatic carbocycles. The molecular weight excluding hydrogens is 410 g/mol. The Bertz CT molecular complexity index is 940. The summed E-state index contributed by atoms with van der Waals surface area (Å²) in [6.45, 7) is 1.64. The molecule has 0 aromatic heterocycles. The zero-order valence-corrected chi connectivity index (χ0v) is 16.2. The summed E-state index contributed by atoms with van der Waals surface area (Å²) >= 11 is 3.40. The lowest BCUT2D eigenvalue weighted by atomic mass is 10.1. The number of halogens is 1. The molecule has 27 heavy (non-hydrogen) atoms. The fraction of sp³-hybridized carbons (Fsp3) is 0.150. The normalized spacial score (nSPS) is 15.2. The van der Waals surface area contributed by atoms with Gasteiger partial charge in [-0.05, 0) is 35.8 Å². The van der Waals surface area contributed by atoms with Crippen molar-refractivity contribution >= 4 is 45.5 Å². The number of anilines is 1. The number of rotatable bonds is 5. The SMILES string of the molecule is CCc1ccccc1NC(=O)CN1C(=O)N/C(=C/c2ccccc2Br)C1=O. The Hall–Kier alpha value is -2.93. The van der Waals surface area contributed by atoms with E-state index in [1.807, 2.05) is 49.4 Å². The highest BCUT2D eigenvalue weighted by Gasteiger charge is 2.35. The van der Waals surface area contributed by atoms with Crippen molar-refractivity contribution < 1.29 is 14.4 Å². The summed E-state index contributed by atoms with van der Waals surface area (Å²) in [5, 5.41) is 5.28. The van der Waals surface area contributed by atoms with E-state index in [9.17, 15) is 14.4 Å². The second kappa shape index (κ2) is 8.18. The van der Waals surface area contributed by atoms with E-state index in [-0.39, 0.29) is 12.2 Å². The second-order valence-corrected chi connectivity index (χ2v) is 6.81. The molecule has 0 aliphatic carbocycles. The molecule has 0 unspecified atom stereocenters. The van der Waals surface area contributed by atoms with Gasteiger partial charge in [0.25, 0.3) is 5.91 Å². The number of urea groups is 1. The van der Waals surface area contributed by atoms with Gasteiger partial charge in [-0.15, -0.1) is 0 Å². The van der Waals surface area contributed by atoms with Crippen molar-refractivity contribution in [2.75, 3.05) is 11.9 Å². The zero-order chi connectivity index (χ0) is 19.4. The van der Waals surface area contributed by atoms with Crippen LogP contribution in [0.2, 0.25) is 0 Å². The molecular formula is C20H18BrN3O3. The van der Waals surface area contributed by atoms with Crippen LogP contribution in [0.5, 0.6) is 0 Å². The largest absolute Gasteiger partial charge is 0.329 e. The number of imide groups is 1. The number of carbonyl (C=O) groups excluding carboxylic acids is 3. The number of nitrogens with zero attached hydrogens (tertiary/aromatic N) is 1. The van der Waals surface area contributed by atoms with Crippen LogP contribution < -0.4 is 10.6 Å². The number of benzene rings is 2. The maximum absolute atomic E-state index is 12.5. The number of carbonyl (C=O) groups is 3. The van der Waals surface area contributed by atoms with E-state index < -0.39 is 17.8 Å². The van der Waals surface area contributed by atoms with E-state index >= 15 is 0 Å². The monoisotopic (exact) mass is 427 g/mol. The molecule has 0 saturated carbocycles. The Morgan fingerprint density at radius 2 is 1.85 bits per heavy atom. The van der Waals surface area contributed by atoms with Crippen molar-refractivity contribution in [3.8, 4) is 0 Å². The van der Waals surface area contributed by atoms with Crippen molar-refractivity contribution in [1.29, 1.82) is 0 Å². The molecule has 7 heteroatoms. The Morgan fingerprint density at radius 3 is 2.59 bits per heavy atom. The average Bonchev–Trinajstić information content (AvgIpc) is 2.91. The van der Waals surface area contributed by atoms with Gasteiger partial charge in [-0.3, -0.25) is 9.59 Å². The van der Waals surface area contributed by atoms with Gasteiger partial charge >= 0.3 is 6.03 Å². The number of nitrogens with one attached hydrogen (secondary N) is 2. The van der Waals surface area contributed by atoms with E-state index in [0.717, 1.165) is 26.9 Å². The number of hydrogen-bond acceptors (Lipinski definition) is 3. The van der Waals surface area contributed by atoms with Gasteiger partial charge in [0.05, 0.1) is 0 Å². The molecule has 2 N–H and O–H groups in total. The molecule has 6 nitrogen and oxygen atoms in total. The standard InChI is InChI=1S/C20H18BrN3O3/c1-2-13-7-4-6-10-16(13)22-18(25)12-24-19(26)17(23-20(24)27)11-14-8-3-5-9-15(14)21/h3-11H,2,12H2,1H3,(H,22,25)(H,23,27)/b17-11+. The van der Waals surface area contributed by atoms with Gasteiger partial charge in [0.15, 0.2) is 0 Å². The first-order chi connectivity index (χ1) is 13.0. The molecule has 0 bridgehead atoms. The highest BCUT2D eigenvalue weighted by molar-refractivity contribution is 9.10. The minimum absolute atomic E-state index is 0.133. The first kappa shape index (κ1) is 18.8. The number of hydrogen-bond donors (Lipinski definition) is 2. The lowest BCUT2D eigenvalue weighted by molar-refractivity contribution is -0.127. The van der Waals surface area contributed by atoms with Crippen LogP contribution in [0, 0.1) is 0 Å². The van der Waals surface area contributed by atoms with Gasteiger partial charge in [0.1, 0.15) is 12.2 Å². The van der Waals surface area contributed by atoms with Gasteiger partial charge in [0.2, 0.25) is 5.91 Å². The van der Waals surface area contributed by atoms with E-state index in [1.165, 1.54) is 0 Å². The molecule has 1 aliphatic heterocycles. The lowest BCUT2D eigenvalue weighted by Crippen LogP contribution is -2.38. The number of amides is 4. The smallest absolute Gasteiger partial charge is 0.324 e. The van der Waals surface area contributed by atoms with E-state index in [0.29, 0.717) is 5.69 Å². The maximum atomic E-state index is 12.5. The van der Waals surface area contributed by atoms with Crippen molar-refractivity contribution in [2.45, 2.75) is 13.3 Å². The Balaban J connectivity index is 1.72. The third-order valence-corrected chi connectivity index (χ3v) is 4.86. The third kappa shape index (κ3) is 4.25. The van der Waals surface area contributed by atoms with Crippen LogP contribution in [0.15, 0.2) is 58.7 Å². The maximum Gasteiger partial charge on any atom is 0.329 e. The number of aryl methyl sites for hydroxylation is 1. The van der Waals surface area contributed by atoms with E-state index in [4.69, 9.17) is 0 Å². The molecule has 0 atom stereocenters. The predicted molar refractivity (Wildman–Crippen MR) is 107 cm³/mol. The van der Waals surface area contributed by atoms with Crippen LogP contribution in [-0.2, 0) is 16.0 Å². The zero-order valence-electron chi connectivity index (χ0n) is 14.7. The van der Waals surface area contributed by atoms with Gasteiger partial charge < -0.3 is 10.6 Å². The summed E-state index contributed by atoms with van der Waals surface area (Å²) in [5.74, 6) is -0.962. The molecule has 0 spiro atoms. The summed E-state index contributed by atoms with van der Waals surface area (Å²) in [6.07, 6.45) is 2.34. The Morgan fingerprint density at radius 1 is 1.15 bits per heavy atom. The fourth-order valence-corrected chi connectivity index (χ4v) is 3.15. The van der Waals surface area contributed by atoms with Crippen LogP contribution in [-0.4, -0.2) is 29.3 Å². The van der Waals surface area contributed by atoms with Crippen molar-refractivity contribution in [1.82, 2.24) is 10.2 Å². The van der Waals surface area contributed by atoms with E-state index in [2.05, 4.69) is 26.6 Å². The van der Waals surface area contributed by atoms with Crippen LogP contribution in [0.3, 0.4) is 0 Å². The first-order valence-corrected chi connectivity index (χ1v) is 9.25. The van der Waals surface area contributed by atoms with Crippen LogP contribution >= 0.6 is 15.9 Å². The van der Waals surface area contributed by atoms with Crippen LogP contribution in [0.1, 0.15) is 18.1 Å². The van der Waals surface area contributed by atoms with Gasteiger partial charge in [-0.2, -0.15) is 0 Å². The van der Waals surface area contributed by atoms with Crippen molar-refractivity contribution in [2.24, 2.45) is 0 Å². The fourth-order valence-electron chi connectivity index (χ4n) is 2.75. The highest BCUT2D eigenvalue weighted by Crippen LogP contribution is 2.21. The molecule has 1 heterocycles. The predicted octanol–water partition coefficient (Wildman–Crippen LogP) is 3.54. The number of para-hydroxylation sites is 1. The molecule has 1 fully saturated rings. The minimum Gasteiger partial charge on any atom is -0.324 e. The van der Waals surface area contributed by atoms with Crippen LogP contribution in [0.25, 0.3) is 6.08 Å². The van der Waals surface area contributed by atoms with Crippen LogP contribution in [0.4, 0.5) is 10.5 Å². The molecule has 2 aromatic rings. The molecule has 138 valence electrons. The Kier molecular flexibility index (Phi) is 5.71. The van der Waals surface area contributed by atoms with Crippen molar-refractivity contribution in [3.05, 3.63) is 69.8 Å². The summed E-state index contributed by atoms with van der Waals surface area (Å²) in [6, 6.07) is 14.1. The van der Waals surface area contributed by atoms with Crippen molar-refractivity contribution in [3.63, 3.8) is 0 Å². The molecule has 1 saturated heterocycles.